The number of hydrogen-bond acceptors (Lipinski definition) is 5. The van der Waals surface area contributed by atoms with E-state index in [1.54, 1.807) is 11.3 Å². The SMILES string of the molecule is [2H]c1c([2H])c(-n2c3c([2H])c([2H])c([2H])c([2H])c3c3c4oc5c([2H])c([2H])c([2H])c([2H])c5c4c([2H])c([2H])c32)c([2H])c([2H])c1-c1nc(-c2cccc(-c3ccccc3)c2)nc(-c2ccc3c(c2)sc2ccccc23)n1. The Morgan fingerprint density at radius 3 is 2.00 bits per heavy atom. The van der Waals surface area contributed by atoms with Crippen molar-refractivity contribution in [3.05, 3.63) is 182 Å². The Hall–Kier alpha value is -7.41. The first-order valence-electron chi connectivity index (χ1n) is 24.9. The quantitative estimate of drug-likeness (QED) is 0.175. The van der Waals surface area contributed by atoms with E-state index in [1.807, 2.05) is 97.1 Å². The van der Waals surface area contributed by atoms with Gasteiger partial charge >= 0.3 is 0 Å². The molecule has 57 heavy (non-hydrogen) atoms. The maximum atomic E-state index is 9.65. The fourth-order valence-corrected chi connectivity index (χ4v) is 8.55. The van der Waals surface area contributed by atoms with Crippen LogP contribution in [0.3, 0.4) is 0 Å². The maximum Gasteiger partial charge on any atom is 0.164 e. The van der Waals surface area contributed by atoms with Crippen LogP contribution in [0.15, 0.2) is 186 Å². The summed E-state index contributed by atoms with van der Waals surface area (Å²) < 4.78 is 136. The molecule has 0 atom stereocenters. The fraction of sp³-hybridized carbons (Fsp3) is 0. The van der Waals surface area contributed by atoms with Crippen LogP contribution in [-0.4, -0.2) is 19.5 Å². The summed E-state index contributed by atoms with van der Waals surface area (Å²) >= 11 is 1.60. The standard InChI is InChI=1S/C51H30N4OS/c1-2-11-31(12-3-1)33-13-10-14-34(29-33)50-52-49(53-51(54-50)35-23-26-39-38-16-6-9-20-45(38)57-46(39)30-35)32-21-24-36(25-22-32)55-42-18-7-4-17-41(42)47-43(55)28-27-40-37-15-5-8-19-44(37)56-48(40)47/h1-30H/i4D,5D,7D,8D,15D,17D,18D,19D,21D,22D,24D,25D,27D,28D. The first kappa shape index (κ1) is 21.0. The molecule has 0 saturated carbocycles. The fourth-order valence-electron chi connectivity index (χ4n) is 7.41. The molecule has 0 aliphatic carbocycles. The molecule has 0 saturated heterocycles. The summed E-state index contributed by atoms with van der Waals surface area (Å²) in [7, 11) is 0. The highest BCUT2D eigenvalue weighted by Gasteiger charge is 2.19. The monoisotopic (exact) mass is 760 g/mol. The molecule has 0 radical (unpaired) electrons. The molecule has 8 aromatic carbocycles. The zero-order valence-electron chi connectivity index (χ0n) is 43.3. The third-order valence-corrected chi connectivity index (χ3v) is 11.2. The van der Waals surface area contributed by atoms with Crippen molar-refractivity contribution in [3.63, 3.8) is 0 Å². The third-order valence-electron chi connectivity index (χ3n) is 10.0. The normalized spacial score (nSPS) is 15.3. The van der Waals surface area contributed by atoms with E-state index in [0.29, 0.717) is 11.1 Å². The highest BCUT2D eigenvalue weighted by atomic mass is 32.1. The summed E-state index contributed by atoms with van der Waals surface area (Å²) in [6.45, 7) is 0. The maximum absolute atomic E-state index is 9.65. The number of fused-ring (bicyclic) bond motifs is 10. The summed E-state index contributed by atoms with van der Waals surface area (Å²) in [6.07, 6.45) is 0. The van der Waals surface area contributed by atoms with Crippen LogP contribution in [0.4, 0.5) is 0 Å². The van der Waals surface area contributed by atoms with E-state index in [0.717, 1.165) is 35.9 Å². The first-order valence-corrected chi connectivity index (χ1v) is 18.7. The summed E-state index contributed by atoms with van der Waals surface area (Å²) in [4.78, 5) is 14.6. The van der Waals surface area contributed by atoms with Gasteiger partial charge in [0.25, 0.3) is 0 Å². The molecule has 0 aliphatic heterocycles. The van der Waals surface area contributed by atoms with E-state index in [-0.39, 0.29) is 66.8 Å². The lowest BCUT2D eigenvalue weighted by Gasteiger charge is -2.11. The molecule has 5 nitrogen and oxygen atoms in total. The Morgan fingerprint density at radius 2 is 1.14 bits per heavy atom. The number of para-hydroxylation sites is 2. The van der Waals surface area contributed by atoms with Crippen molar-refractivity contribution in [2.24, 2.45) is 0 Å². The number of furan rings is 1. The van der Waals surface area contributed by atoms with Crippen LogP contribution in [0, 0.1) is 0 Å². The zero-order chi connectivity index (χ0) is 49.6. The summed E-state index contributed by atoms with van der Waals surface area (Å²) in [5.41, 5.74) is 0.783. The Balaban J connectivity index is 1.15. The number of nitrogens with zero attached hydrogens (tertiary/aromatic N) is 4. The van der Waals surface area contributed by atoms with Crippen molar-refractivity contribution in [3.8, 4) is 51.0 Å². The Labute approximate surface area is 350 Å². The topological polar surface area (TPSA) is 56.7 Å². The molecule has 4 heterocycles. The van der Waals surface area contributed by atoms with Crippen molar-refractivity contribution < 1.29 is 23.6 Å². The average Bonchev–Trinajstić information content (AvgIpc) is 4.08. The van der Waals surface area contributed by atoms with Gasteiger partial charge in [-0.2, -0.15) is 0 Å². The van der Waals surface area contributed by atoms with Crippen molar-refractivity contribution in [1.82, 2.24) is 19.5 Å². The minimum Gasteiger partial charge on any atom is -0.455 e. The largest absolute Gasteiger partial charge is 0.455 e. The minimum atomic E-state index is -0.716. The predicted octanol–water partition coefficient (Wildman–Crippen LogP) is 13.9. The number of aromatic nitrogens is 4. The molecule has 12 aromatic rings. The van der Waals surface area contributed by atoms with E-state index < -0.39 is 90.3 Å². The van der Waals surface area contributed by atoms with Gasteiger partial charge in [0.05, 0.1) is 35.6 Å². The van der Waals surface area contributed by atoms with Gasteiger partial charge in [-0.1, -0.05) is 115 Å². The zero-order valence-corrected chi connectivity index (χ0v) is 30.2. The number of rotatable bonds is 5. The second-order valence-electron chi connectivity index (χ2n) is 13.3. The van der Waals surface area contributed by atoms with Crippen LogP contribution in [0.1, 0.15) is 19.2 Å². The molecule has 0 amide bonds. The lowest BCUT2D eigenvalue weighted by atomic mass is 10.0. The molecule has 0 spiro atoms. The molecule has 0 N–H and O–H groups in total. The summed E-state index contributed by atoms with van der Waals surface area (Å²) in [5, 5.41) is 1.23. The molecule has 0 aliphatic rings. The Kier molecular flexibility index (Phi) is 4.64. The van der Waals surface area contributed by atoms with E-state index in [2.05, 4.69) is 0 Å². The lowest BCUT2D eigenvalue weighted by Crippen LogP contribution is -2.01. The van der Waals surface area contributed by atoms with Gasteiger partial charge < -0.3 is 8.98 Å². The molecule has 6 heteroatoms. The number of benzene rings is 8. The Bertz CT molecular complexity index is 4330. The highest BCUT2D eigenvalue weighted by Crippen LogP contribution is 2.41. The molecule has 4 aromatic heterocycles. The van der Waals surface area contributed by atoms with Crippen LogP contribution in [0.5, 0.6) is 0 Å². The van der Waals surface area contributed by atoms with Crippen LogP contribution < -0.4 is 0 Å². The van der Waals surface area contributed by atoms with E-state index in [1.165, 1.54) is 0 Å². The van der Waals surface area contributed by atoms with Crippen LogP contribution in [0.2, 0.25) is 0 Å². The van der Waals surface area contributed by atoms with E-state index in [4.69, 9.17) is 29.0 Å². The van der Waals surface area contributed by atoms with Crippen LogP contribution >= 0.6 is 11.3 Å². The van der Waals surface area contributed by atoms with Crippen molar-refractivity contribution >= 4 is 75.3 Å². The van der Waals surface area contributed by atoms with E-state index >= 15 is 0 Å². The molecule has 266 valence electrons. The van der Waals surface area contributed by atoms with Crippen LogP contribution in [-0.2, 0) is 0 Å². The smallest absolute Gasteiger partial charge is 0.164 e. The summed E-state index contributed by atoms with van der Waals surface area (Å²) in [5.74, 6) is 0.168. The summed E-state index contributed by atoms with van der Waals surface area (Å²) in [6, 6.07) is 22.1. The van der Waals surface area contributed by atoms with Gasteiger partial charge in [0.1, 0.15) is 11.2 Å². The van der Waals surface area contributed by atoms with Gasteiger partial charge in [-0.05, 0) is 77.7 Å². The van der Waals surface area contributed by atoms with Gasteiger partial charge in [-0.15, -0.1) is 11.3 Å². The molecular formula is C51H30N4OS. The third kappa shape index (κ3) is 5.12. The number of hydrogen-bond donors (Lipinski definition) is 0. The van der Waals surface area contributed by atoms with Gasteiger partial charge in [0, 0.05) is 58.7 Å². The van der Waals surface area contributed by atoms with Gasteiger partial charge in [0.2, 0.25) is 0 Å². The molecule has 0 unspecified atom stereocenters. The average molecular weight is 761 g/mol. The second kappa shape index (κ2) is 12.6. The molecular weight excluding hydrogens is 717 g/mol. The Morgan fingerprint density at radius 1 is 0.456 bits per heavy atom. The van der Waals surface area contributed by atoms with Crippen molar-refractivity contribution in [2.75, 3.05) is 0 Å². The van der Waals surface area contributed by atoms with Crippen molar-refractivity contribution in [2.45, 2.75) is 0 Å². The molecule has 0 fully saturated rings. The van der Waals surface area contributed by atoms with Crippen molar-refractivity contribution in [1.29, 1.82) is 0 Å². The predicted molar refractivity (Wildman–Crippen MR) is 236 cm³/mol. The van der Waals surface area contributed by atoms with Gasteiger partial charge in [0.15, 0.2) is 17.5 Å². The first-order chi connectivity index (χ1) is 34.1. The van der Waals surface area contributed by atoms with Gasteiger partial charge in [-0.25, -0.2) is 15.0 Å². The highest BCUT2D eigenvalue weighted by molar-refractivity contribution is 7.25. The molecule has 12 rings (SSSR count). The molecule has 0 bridgehead atoms. The lowest BCUT2D eigenvalue weighted by molar-refractivity contribution is 0.673. The minimum absolute atomic E-state index is 0.178. The van der Waals surface area contributed by atoms with Gasteiger partial charge in [-0.3, -0.25) is 0 Å². The number of thiophene rings is 1. The van der Waals surface area contributed by atoms with Crippen LogP contribution in [0.25, 0.3) is 115 Å². The second-order valence-corrected chi connectivity index (χ2v) is 14.4. The van der Waals surface area contributed by atoms with E-state index in [9.17, 15) is 9.60 Å².